The van der Waals surface area contributed by atoms with E-state index in [0.29, 0.717) is 12.2 Å². The first-order valence-corrected chi connectivity index (χ1v) is 8.01. The highest BCUT2D eigenvalue weighted by Gasteiger charge is 2.16. The number of thioether (sulfide) groups is 1. The van der Waals surface area contributed by atoms with Gasteiger partial charge < -0.3 is 16.6 Å². The zero-order valence-electron chi connectivity index (χ0n) is 12.2. The molecule has 0 aliphatic carbocycles. The number of aliphatic hydroxyl groups excluding tert-OH is 1. The molecule has 0 heterocycles. The zero-order chi connectivity index (χ0) is 15.2. The van der Waals surface area contributed by atoms with Gasteiger partial charge in [-0.3, -0.25) is 0 Å². The van der Waals surface area contributed by atoms with Crippen molar-refractivity contribution >= 4 is 17.4 Å². The van der Waals surface area contributed by atoms with Crippen LogP contribution in [0.3, 0.4) is 0 Å². The first kappa shape index (κ1) is 15.9. The van der Waals surface area contributed by atoms with Gasteiger partial charge in [0.1, 0.15) is 0 Å². The SMILES string of the molecule is Cc1ccc(N)cc1SCC(O)C(N)Cc1ccccc1. The van der Waals surface area contributed by atoms with Crippen molar-refractivity contribution in [2.75, 3.05) is 11.5 Å². The molecule has 0 aliphatic heterocycles. The van der Waals surface area contributed by atoms with Gasteiger partial charge in [0.05, 0.1) is 6.10 Å². The summed E-state index contributed by atoms with van der Waals surface area (Å²) < 4.78 is 0. The number of anilines is 1. The highest BCUT2D eigenvalue weighted by atomic mass is 32.2. The maximum absolute atomic E-state index is 10.2. The number of nitrogens with two attached hydrogens (primary N) is 2. The first-order chi connectivity index (χ1) is 10.1. The van der Waals surface area contributed by atoms with Gasteiger partial charge in [0, 0.05) is 22.4 Å². The molecule has 2 atom stereocenters. The molecule has 3 nitrogen and oxygen atoms in total. The molecule has 112 valence electrons. The van der Waals surface area contributed by atoms with Crippen molar-refractivity contribution in [3.8, 4) is 0 Å². The molecule has 0 spiro atoms. The molecule has 0 saturated carbocycles. The van der Waals surface area contributed by atoms with Crippen LogP contribution in [0.25, 0.3) is 0 Å². The second-order valence-electron chi connectivity index (χ2n) is 5.26. The maximum Gasteiger partial charge on any atom is 0.0788 e. The van der Waals surface area contributed by atoms with Gasteiger partial charge in [0.25, 0.3) is 0 Å². The maximum atomic E-state index is 10.2. The number of rotatable bonds is 6. The minimum atomic E-state index is -0.545. The normalized spacial score (nSPS) is 13.9. The molecule has 4 heteroatoms. The van der Waals surface area contributed by atoms with Crippen LogP contribution < -0.4 is 11.5 Å². The highest BCUT2D eigenvalue weighted by Crippen LogP contribution is 2.25. The Kier molecular flexibility index (Phi) is 5.67. The van der Waals surface area contributed by atoms with E-state index < -0.39 is 6.10 Å². The summed E-state index contributed by atoms with van der Waals surface area (Å²) in [6.45, 7) is 2.04. The van der Waals surface area contributed by atoms with Crippen LogP contribution in [0.2, 0.25) is 0 Å². The third-order valence-corrected chi connectivity index (χ3v) is 4.69. The lowest BCUT2D eigenvalue weighted by molar-refractivity contribution is 0.167. The van der Waals surface area contributed by atoms with Crippen molar-refractivity contribution in [1.82, 2.24) is 0 Å². The van der Waals surface area contributed by atoms with Gasteiger partial charge in [-0.15, -0.1) is 11.8 Å². The van der Waals surface area contributed by atoms with E-state index in [1.54, 1.807) is 11.8 Å². The number of nitrogen functional groups attached to an aromatic ring is 1. The van der Waals surface area contributed by atoms with Crippen LogP contribution in [0.5, 0.6) is 0 Å². The van der Waals surface area contributed by atoms with Gasteiger partial charge in [-0.1, -0.05) is 36.4 Å². The molecule has 0 saturated heterocycles. The summed E-state index contributed by atoms with van der Waals surface area (Å²) in [5.41, 5.74) is 14.9. The Labute approximate surface area is 130 Å². The predicted octanol–water partition coefficient (Wildman–Crippen LogP) is 2.60. The highest BCUT2D eigenvalue weighted by molar-refractivity contribution is 7.99. The quantitative estimate of drug-likeness (QED) is 0.566. The molecule has 0 fully saturated rings. The zero-order valence-corrected chi connectivity index (χ0v) is 13.0. The van der Waals surface area contributed by atoms with Crippen molar-refractivity contribution in [2.45, 2.75) is 30.4 Å². The fourth-order valence-corrected chi connectivity index (χ4v) is 3.21. The largest absolute Gasteiger partial charge is 0.399 e. The fourth-order valence-electron chi connectivity index (χ4n) is 2.09. The monoisotopic (exact) mass is 302 g/mol. The molecule has 2 aromatic carbocycles. The Balaban J connectivity index is 1.89. The topological polar surface area (TPSA) is 72.3 Å². The number of aryl methyl sites for hydroxylation is 1. The Hall–Kier alpha value is -1.49. The van der Waals surface area contributed by atoms with E-state index in [9.17, 15) is 5.11 Å². The lowest BCUT2D eigenvalue weighted by atomic mass is 10.0. The summed E-state index contributed by atoms with van der Waals surface area (Å²) in [7, 11) is 0. The lowest BCUT2D eigenvalue weighted by Gasteiger charge is -2.19. The molecule has 21 heavy (non-hydrogen) atoms. The van der Waals surface area contributed by atoms with Crippen LogP contribution in [-0.2, 0) is 6.42 Å². The molecule has 0 aliphatic rings. The number of hydrogen-bond donors (Lipinski definition) is 3. The molecule has 5 N–H and O–H groups in total. The minimum absolute atomic E-state index is 0.263. The summed E-state index contributed by atoms with van der Waals surface area (Å²) in [4.78, 5) is 1.10. The third kappa shape index (κ3) is 4.77. The summed E-state index contributed by atoms with van der Waals surface area (Å²) in [6, 6.07) is 15.6. The van der Waals surface area contributed by atoms with Crippen LogP contribution in [0, 0.1) is 6.92 Å². The van der Waals surface area contributed by atoms with Gasteiger partial charge in [0.2, 0.25) is 0 Å². The standard InChI is InChI=1S/C17H22N2OS/c1-12-7-8-14(18)10-17(12)21-11-16(20)15(19)9-13-5-3-2-4-6-13/h2-8,10,15-16,20H,9,11,18-19H2,1H3. The molecular weight excluding hydrogens is 280 g/mol. The second-order valence-corrected chi connectivity index (χ2v) is 6.32. The van der Waals surface area contributed by atoms with Gasteiger partial charge in [0.15, 0.2) is 0 Å². The Morgan fingerprint density at radius 3 is 2.57 bits per heavy atom. The molecule has 0 aromatic heterocycles. The molecule has 0 bridgehead atoms. The van der Waals surface area contributed by atoms with Gasteiger partial charge in [-0.05, 0) is 36.6 Å². The van der Waals surface area contributed by atoms with Crippen molar-refractivity contribution in [3.05, 3.63) is 59.7 Å². The summed E-state index contributed by atoms with van der Waals surface area (Å²) >= 11 is 1.60. The lowest BCUT2D eigenvalue weighted by Crippen LogP contribution is -2.38. The van der Waals surface area contributed by atoms with E-state index in [4.69, 9.17) is 11.5 Å². The van der Waals surface area contributed by atoms with Crippen molar-refractivity contribution in [2.24, 2.45) is 5.73 Å². The number of hydrogen-bond acceptors (Lipinski definition) is 4. The van der Waals surface area contributed by atoms with Crippen molar-refractivity contribution in [3.63, 3.8) is 0 Å². The van der Waals surface area contributed by atoms with E-state index in [-0.39, 0.29) is 6.04 Å². The summed E-state index contributed by atoms with van der Waals surface area (Å²) in [6.07, 6.45) is 0.134. The molecule has 0 radical (unpaired) electrons. The smallest absolute Gasteiger partial charge is 0.0788 e. The van der Waals surface area contributed by atoms with Gasteiger partial charge >= 0.3 is 0 Å². The van der Waals surface area contributed by atoms with E-state index in [2.05, 4.69) is 0 Å². The number of aliphatic hydroxyl groups is 1. The Morgan fingerprint density at radius 2 is 1.86 bits per heavy atom. The molecule has 2 aromatic rings. The van der Waals surface area contributed by atoms with Gasteiger partial charge in [-0.2, -0.15) is 0 Å². The van der Waals surface area contributed by atoms with Crippen LogP contribution >= 0.6 is 11.8 Å². The van der Waals surface area contributed by atoms with Crippen molar-refractivity contribution < 1.29 is 5.11 Å². The van der Waals surface area contributed by atoms with Gasteiger partial charge in [-0.25, -0.2) is 0 Å². The average molecular weight is 302 g/mol. The summed E-state index contributed by atoms with van der Waals surface area (Å²) in [5.74, 6) is 0.568. The van der Waals surface area contributed by atoms with Crippen LogP contribution in [0.15, 0.2) is 53.4 Å². The van der Waals surface area contributed by atoms with E-state index in [1.165, 1.54) is 0 Å². The minimum Gasteiger partial charge on any atom is -0.399 e. The second kappa shape index (κ2) is 7.50. The Bertz CT molecular complexity index is 574. The predicted molar refractivity (Wildman–Crippen MR) is 90.4 cm³/mol. The van der Waals surface area contributed by atoms with E-state index >= 15 is 0 Å². The fraction of sp³-hybridized carbons (Fsp3) is 0.294. The molecular formula is C17H22N2OS. The Morgan fingerprint density at radius 1 is 1.14 bits per heavy atom. The molecule has 2 unspecified atom stereocenters. The third-order valence-electron chi connectivity index (χ3n) is 3.43. The first-order valence-electron chi connectivity index (χ1n) is 7.03. The van der Waals surface area contributed by atoms with Crippen LogP contribution in [0.4, 0.5) is 5.69 Å². The summed E-state index contributed by atoms with van der Waals surface area (Å²) in [5, 5.41) is 10.2. The number of benzene rings is 2. The molecule has 0 amide bonds. The molecule has 2 rings (SSSR count). The van der Waals surface area contributed by atoms with Crippen LogP contribution in [0.1, 0.15) is 11.1 Å². The van der Waals surface area contributed by atoms with E-state index in [1.807, 2.05) is 55.5 Å². The average Bonchev–Trinajstić information content (AvgIpc) is 2.49. The van der Waals surface area contributed by atoms with Crippen LogP contribution in [-0.4, -0.2) is 23.0 Å². The van der Waals surface area contributed by atoms with E-state index in [0.717, 1.165) is 21.7 Å². The van der Waals surface area contributed by atoms with Crippen molar-refractivity contribution in [1.29, 1.82) is 0 Å².